The van der Waals surface area contributed by atoms with E-state index in [4.69, 9.17) is 5.73 Å². The summed E-state index contributed by atoms with van der Waals surface area (Å²) in [6.07, 6.45) is 6.77. The van der Waals surface area contributed by atoms with Gasteiger partial charge in [-0.3, -0.25) is 0 Å². The zero-order chi connectivity index (χ0) is 27.5. The van der Waals surface area contributed by atoms with Crippen molar-refractivity contribution >= 4 is 0 Å². The van der Waals surface area contributed by atoms with Gasteiger partial charge in [-0.25, -0.2) is 0 Å². The van der Waals surface area contributed by atoms with E-state index in [1.54, 1.807) is 0 Å². The van der Waals surface area contributed by atoms with Gasteiger partial charge in [0, 0.05) is 13.1 Å². The van der Waals surface area contributed by atoms with Gasteiger partial charge in [-0.05, 0) is 66.8 Å². The van der Waals surface area contributed by atoms with Crippen molar-refractivity contribution in [3.05, 3.63) is 70.8 Å². The molecule has 0 bridgehead atoms. The highest BCUT2D eigenvalue weighted by atomic mass is 14.9. The minimum atomic E-state index is 0.657. The van der Waals surface area contributed by atoms with Crippen LogP contribution in [0.4, 0.5) is 0 Å². The van der Waals surface area contributed by atoms with Gasteiger partial charge in [0.05, 0.1) is 0 Å². The van der Waals surface area contributed by atoms with Gasteiger partial charge in [0.15, 0.2) is 0 Å². The van der Waals surface area contributed by atoms with E-state index in [2.05, 4.69) is 68.6 Å². The number of nitrogens with two attached hydrogens (primary N) is 1. The van der Waals surface area contributed by atoms with Crippen LogP contribution in [0.1, 0.15) is 117 Å². The Morgan fingerprint density at radius 3 is 1.60 bits per heavy atom. The molecular weight excluding hydrogens is 424 g/mol. The third kappa shape index (κ3) is 18.3. The Kier molecular flexibility index (Phi) is 31.0. The molecule has 0 aromatic heterocycles. The average molecular weight is 487 g/mol. The minimum Gasteiger partial charge on any atom is -0.326 e. The number of hydrogen-bond acceptors (Lipinski definition) is 2. The molecule has 0 spiro atoms. The van der Waals surface area contributed by atoms with Crippen LogP contribution in [0, 0.1) is 18.8 Å². The van der Waals surface area contributed by atoms with E-state index in [1.165, 1.54) is 54.5 Å². The average Bonchev–Trinajstić information content (AvgIpc) is 2.95. The molecular formula is C33H62N2. The monoisotopic (exact) mass is 486 g/mol. The zero-order valence-electron chi connectivity index (χ0n) is 25.5. The lowest BCUT2D eigenvalue weighted by Crippen LogP contribution is -2.25. The molecule has 1 aliphatic carbocycles. The standard InChI is InChI=1S/C16H25N.C9H13N.4C2H6/c1-13-7-9-15(10-8-13)11-17-12-16-6-4-3-5-14(16)2;1-2-8-5-3-4-6-9(8)7-10;4*1-2/h3-6,13,15,17H,7-12H2,1-2H3;3-6H,2,7,10H2,1H3;4*1-2H3. The number of aryl methyl sites for hydroxylation is 2. The van der Waals surface area contributed by atoms with E-state index in [9.17, 15) is 0 Å². The molecule has 1 aliphatic rings. The van der Waals surface area contributed by atoms with Gasteiger partial charge in [0.1, 0.15) is 0 Å². The molecule has 2 aromatic rings. The number of benzene rings is 2. The Balaban J connectivity index is -0.000000487. The molecule has 1 fully saturated rings. The Hall–Kier alpha value is -1.64. The summed E-state index contributed by atoms with van der Waals surface area (Å²) in [5, 5.41) is 3.63. The molecule has 35 heavy (non-hydrogen) atoms. The highest BCUT2D eigenvalue weighted by Gasteiger charge is 2.17. The van der Waals surface area contributed by atoms with Crippen LogP contribution in [0.3, 0.4) is 0 Å². The first kappa shape index (κ1) is 37.9. The van der Waals surface area contributed by atoms with Gasteiger partial charge in [-0.2, -0.15) is 0 Å². The molecule has 0 atom stereocenters. The van der Waals surface area contributed by atoms with Crippen molar-refractivity contribution in [3.8, 4) is 0 Å². The van der Waals surface area contributed by atoms with Gasteiger partial charge in [-0.1, -0.05) is 131 Å². The van der Waals surface area contributed by atoms with Gasteiger partial charge in [0.25, 0.3) is 0 Å². The number of hydrogen-bond donors (Lipinski definition) is 2. The number of rotatable bonds is 6. The molecule has 2 aromatic carbocycles. The predicted molar refractivity (Wildman–Crippen MR) is 163 cm³/mol. The first-order valence-electron chi connectivity index (χ1n) is 14.7. The third-order valence-corrected chi connectivity index (χ3v) is 5.86. The van der Waals surface area contributed by atoms with Crippen LogP contribution in [0.15, 0.2) is 48.5 Å². The van der Waals surface area contributed by atoms with Crippen LogP contribution in [0.5, 0.6) is 0 Å². The Morgan fingerprint density at radius 2 is 1.17 bits per heavy atom. The molecule has 0 radical (unpaired) electrons. The second-order valence-corrected chi connectivity index (χ2v) is 8.01. The predicted octanol–water partition coefficient (Wildman–Crippen LogP) is 9.72. The molecule has 0 amide bonds. The first-order chi connectivity index (χ1) is 17.1. The van der Waals surface area contributed by atoms with Gasteiger partial charge >= 0.3 is 0 Å². The fraction of sp³-hybridized carbons (Fsp3) is 0.636. The summed E-state index contributed by atoms with van der Waals surface area (Å²) in [5.41, 5.74) is 11.0. The quantitative estimate of drug-likeness (QED) is 0.426. The van der Waals surface area contributed by atoms with Crippen molar-refractivity contribution in [2.45, 2.75) is 121 Å². The summed E-state index contributed by atoms with van der Waals surface area (Å²) in [5.74, 6) is 1.87. The molecule has 3 rings (SSSR count). The Bertz CT molecular complexity index is 635. The molecule has 3 N–H and O–H groups in total. The first-order valence-corrected chi connectivity index (χ1v) is 14.7. The van der Waals surface area contributed by atoms with E-state index in [1.807, 2.05) is 61.5 Å². The minimum absolute atomic E-state index is 0.657. The summed E-state index contributed by atoms with van der Waals surface area (Å²) in [6.45, 7) is 25.6. The Labute approximate surface area is 221 Å². The molecule has 0 aliphatic heterocycles. The second kappa shape index (κ2) is 28.6. The highest BCUT2D eigenvalue weighted by molar-refractivity contribution is 5.26. The highest BCUT2D eigenvalue weighted by Crippen LogP contribution is 2.27. The van der Waals surface area contributed by atoms with E-state index in [0.29, 0.717) is 6.54 Å². The summed E-state index contributed by atoms with van der Waals surface area (Å²) in [7, 11) is 0. The van der Waals surface area contributed by atoms with Crippen LogP contribution in [-0.4, -0.2) is 6.54 Å². The van der Waals surface area contributed by atoms with Crippen LogP contribution in [-0.2, 0) is 19.5 Å². The molecule has 2 nitrogen and oxygen atoms in total. The van der Waals surface area contributed by atoms with Crippen LogP contribution in [0.25, 0.3) is 0 Å². The lowest BCUT2D eigenvalue weighted by Gasteiger charge is -2.26. The molecule has 0 heterocycles. The number of nitrogens with one attached hydrogen (secondary N) is 1. The van der Waals surface area contributed by atoms with Crippen LogP contribution >= 0.6 is 0 Å². The fourth-order valence-corrected chi connectivity index (χ4v) is 3.85. The summed E-state index contributed by atoms with van der Waals surface area (Å²) in [4.78, 5) is 0. The van der Waals surface area contributed by atoms with Crippen molar-refractivity contribution < 1.29 is 0 Å². The van der Waals surface area contributed by atoms with Crippen LogP contribution in [0.2, 0.25) is 0 Å². The fourth-order valence-electron chi connectivity index (χ4n) is 3.85. The second-order valence-electron chi connectivity index (χ2n) is 8.01. The summed E-state index contributed by atoms with van der Waals surface area (Å²) in [6, 6.07) is 17.0. The van der Waals surface area contributed by atoms with Crippen molar-refractivity contribution in [1.82, 2.24) is 5.32 Å². The van der Waals surface area contributed by atoms with E-state index in [-0.39, 0.29) is 0 Å². The van der Waals surface area contributed by atoms with E-state index in [0.717, 1.165) is 24.8 Å². The van der Waals surface area contributed by atoms with E-state index < -0.39 is 0 Å². The topological polar surface area (TPSA) is 38.0 Å². The summed E-state index contributed by atoms with van der Waals surface area (Å²) >= 11 is 0. The largest absolute Gasteiger partial charge is 0.326 e. The molecule has 2 heteroatoms. The summed E-state index contributed by atoms with van der Waals surface area (Å²) < 4.78 is 0. The van der Waals surface area contributed by atoms with Crippen molar-refractivity contribution in [1.29, 1.82) is 0 Å². The normalized spacial score (nSPS) is 15.5. The maximum atomic E-state index is 5.53. The van der Waals surface area contributed by atoms with E-state index >= 15 is 0 Å². The van der Waals surface area contributed by atoms with Crippen molar-refractivity contribution in [2.75, 3.05) is 6.54 Å². The van der Waals surface area contributed by atoms with Crippen LogP contribution < -0.4 is 11.1 Å². The molecule has 1 saturated carbocycles. The lowest BCUT2D eigenvalue weighted by molar-refractivity contribution is 0.281. The molecule has 0 unspecified atom stereocenters. The van der Waals surface area contributed by atoms with Gasteiger partial charge in [0.2, 0.25) is 0 Å². The molecule has 204 valence electrons. The lowest BCUT2D eigenvalue weighted by atomic mass is 9.83. The maximum Gasteiger partial charge on any atom is 0.0208 e. The third-order valence-electron chi connectivity index (χ3n) is 5.86. The Morgan fingerprint density at radius 1 is 0.714 bits per heavy atom. The maximum absolute atomic E-state index is 5.53. The van der Waals surface area contributed by atoms with Crippen molar-refractivity contribution in [3.63, 3.8) is 0 Å². The smallest absolute Gasteiger partial charge is 0.0208 e. The SMILES string of the molecule is CC.CC.CC.CC.CCc1ccccc1CN.Cc1ccccc1CNCC1CCC(C)CC1. The van der Waals surface area contributed by atoms with Gasteiger partial charge < -0.3 is 11.1 Å². The van der Waals surface area contributed by atoms with Gasteiger partial charge in [-0.15, -0.1) is 0 Å². The zero-order valence-corrected chi connectivity index (χ0v) is 25.5. The van der Waals surface area contributed by atoms with Crippen molar-refractivity contribution in [2.24, 2.45) is 17.6 Å². The molecule has 0 saturated heterocycles.